The van der Waals surface area contributed by atoms with Gasteiger partial charge in [0, 0.05) is 29.8 Å². The highest BCUT2D eigenvalue weighted by atomic mass is 79.9. The molecule has 4 heteroatoms. The number of aryl methyl sites for hydroxylation is 1. The SMILES string of the molecule is Cc1ccnc(N2CCC(Br)C(C)C2)n1. The first-order valence-electron chi connectivity index (χ1n) is 5.35. The first-order chi connectivity index (χ1) is 7.16. The average Bonchev–Trinajstić information content (AvgIpc) is 2.22. The Morgan fingerprint density at radius 1 is 1.53 bits per heavy atom. The fraction of sp³-hybridized carbons (Fsp3) is 0.636. The summed E-state index contributed by atoms with van der Waals surface area (Å²) in [5, 5.41) is 0. The van der Waals surface area contributed by atoms with E-state index in [1.165, 1.54) is 6.42 Å². The molecule has 1 aromatic heterocycles. The first kappa shape index (κ1) is 10.9. The van der Waals surface area contributed by atoms with Crippen LogP contribution in [0.2, 0.25) is 0 Å². The van der Waals surface area contributed by atoms with E-state index in [1.54, 1.807) is 0 Å². The number of hydrogen-bond acceptors (Lipinski definition) is 3. The minimum absolute atomic E-state index is 0.638. The van der Waals surface area contributed by atoms with E-state index < -0.39 is 0 Å². The average molecular weight is 270 g/mol. The van der Waals surface area contributed by atoms with Crippen LogP contribution in [0.5, 0.6) is 0 Å². The van der Waals surface area contributed by atoms with Crippen LogP contribution in [0, 0.1) is 12.8 Å². The van der Waals surface area contributed by atoms with Crippen molar-refractivity contribution in [3.05, 3.63) is 18.0 Å². The van der Waals surface area contributed by atoms with Crippen molar-refractivity contribution >= 4 is 21.9 Å². The molecule has 0 saturated carbocycles. The molecule has 0 amide bonds. The summed E-state index contributed by atoms with van der Waals surface area (Å²) in [5.74, 6) is 1.53. The standard InChI is InChI=1S/C11H16BrN3/c1-8-7-15(6-4-10(8)12)11-13-5-3-9(2)14-11/h3,5,8,10H,4,6-7H2,1-2H3. The molecule has 1 aromatic rings. The summed E-state index contributed by atoms with van der Waals surface area (Å²) in [7, 11) is 0. The Morgan fingerprint density at radius 2 is 2.33 bits per heavy atom. The number of halogens is 1. The van der Waals surface area contributed by atoms with Crippen LogP contribution in [0.15, 0.2) is 12.3 Å². The van der Waals surface area contributed by atoms with Gasteiger partial charge in [-0.05, 0) is 25.3 Å². The number of nitrogens with zero attached hydrogens (tertiary/aromatic N) is 3. The Kier molecular flexibility index (Phi) is 3.24. The Morgan fingerprint density at radius 3 is 3.00 bits per heavy atom. The van der Waals surface area contributed by atoms with Gasteiger partial charge >= 0.3 is 0 Å². The smallest absolute Gasteiger partial charge is 0.225 e. The molecule has 0 radical (unpaired) electrons. The Balaban J connectivity index is 2.12. The summed E-state index contributed by atoms with van der Waals surface area (Å²) >= 11 is 3.70. The molecule has 1 aliphatic rings. The molecular formula is C11H16BrN3. The predicted octanol–water partition coefficient (Wildman–Crippen LogP) is 2.39. The van der Waals surface area contributed by atoms with Gasteiger partial charge in [-0.1, -0.05) is 22.9 Å². The van der Waals surface area contributed by atoms with Crippen LogP contribution in [0.25, 0.3) is 0 Å². The molecule has 0 spiro atoms. The lowest BCUT2D eigenvalue weighted by molar-refractivity contribution is 0.460. The van der Waals surface area contributed by atoms with Gasteiger partial charge in [-0.2, -0.15) is 0 Å². The molecule has 3 nitrogen and oxygen atoms in total. The van der Waals surface area contributed by atoms with Gasteiger partial charge in [0.1, 0.15) is 0 Å². The Labute approximate surface area is 99.0 Å². The van der Waals surface area contributed by atoms with Crippen molar-refractivity contribution in [1.82, 2.24) is 9.97 Å². The Bertz CT molecular complexity index is 342. The number of alkyl halides is 1. The summed E-state index contributed by atoms with van der Waals surface area (Å²) < 4.78 is 0. The largest absolute Gasteiger partial charge is 0.340 e. The van der Waals surface area contributed by atoms with Crippen LogP contribution in [-0.4, -0.2) is 27.9 Å². The lowest BCUT2D eigenvalue weighted by atomic mass is 10.0. The summed E-state index contributed by atoms with van der Waals surface area (Å²) in [6.07, 6.45) is 3.00. The summed E-state index contributed by atoms with van der Waals surface area (Å²) in [6, 6.07) is 1.93. The topological polar surface area (TPSA) is 29.0 Å². The van der Waals surface area contributed by atoms with Crippen LogP contribution in [0.1, 0.15) is 19.0 Å². The molecule has 0 aromatic carbocycles. The molecule has 0 N–H and O–H groups in total. The summed E-state index contributed by atoms with van der Waals surface area (Å²) in [4.78, 5) is 11.7. The number of piperidine rings is 1. The quantitative estimate of drug-likeness (QED) is 0.734. The highest BCUT2D eigenvalue weighted by Gasteiger charge is 2.25. The zero-order chi connectivity index (χ0) is 10.8. The van der Waals surface area contributed by atoms with Crippen molar-refractivity contribution in [2.24, 2.45) is 5.92 Å². The van der Waals surface area contributed by atoms with Crippen molar-refractivity contribution in [1.29, 1.82) is 0 Å². The van der Waals surface area contributed by atoms with E-state index in [4.69, 9.17) is 0 Å². The van der Waals surface area contributed by atoms with Gasteiger partial charge in [0.15, 0.2) is 0 Å². The minimum Gasteiger partial charge on any atom is -0.340 e. The minimum atomic E-state index is 0.638. The van der Waals surface area contributed by atoms with Crippen molar-refractivity contribution < 1.29 is 0 Å². The highest BCUT2D eigenvalue weighted by Crippen LogP contribution is 2.25. The normalized spacial score (nSPS) is 26.7. The lowest BCUT2D eigenvalue weighted by Gasteiger charge is -2.34. The second-order valence-electron chi connectivity index (χ2n) is 4.23. The maximum atomic E-state index is 4.46. The number of aromatic nitrogens is 2. The summed E-state index contributed by atoms with van der Waals surface area (Å²) in [5.41, 5.74) is 1.04. The number of hydrogen-bond donors (Lipinski definition) is 0. The van der Waals surface area contributed by atoms with Gasteiger partial charge in [0.2, 0.25) is 5.95 Å². The highest BCUT2D eigenvalue weighted by molar-refractivity contribution is 9.09. The van der Waals surface area contributed by atoms with E-state index in [9.17, 15) is 0 Å². The van der Waals surface area contributed by atoms with Crippen molar-refractivity contribution in [3.63, 3.8) is 0 Å². The zero-order valence-electron chi connectivity index (χ0n) is 9.15. The third-order valence-corrected chi connectivity index (χ3v) is 4.23. The first-order valence-corrected chi connectivity index (χ1v) is 6.27. The van der Waals surface area contributed by atoms with Gasteiger partial charge in [0.05, 0.1) is 0 Å². The van der Waals surface area contributed by atoms with Crippen LogP contribution in [0.3, 0.4) is 0 Å². The van der Waals surface area contributed by atoms with Gasteiger partial charge < -0.3 is 4.90 Å². The van der Waals surface area contributed by atoms with E-state index in [0.717, 1.165) is 24.7 Å². The second kappa shape index (κ2) is 4.47. The van der Waals surface area contributed by atoms with Crippen molar-refractivity contribution in [2.45, 2.75) is 25.1 Å². The molecular weight excluding hydrogens is 254 g/mol. The van der Waals surface area contributed by atoms with E-state index >= 15 is 0 Å². The molecule has 1 saturated heterocycles. The van der Waals surface area contributed by atoms with Gasteiger partial charge in [-0.25, -0.2) is 9.97 Å². The van der Waals surface area contributed by atoms with E-state index in [1.807, 2.05) is 19.2 Å². The lowest BCUT2D eigenvalue weighted by Crippen LogP contribution is -2.40. The van der Waals surface area contributed by atoms with E-state index in [0.29, 0.717) is 10.7 Å². The van der Waals surface area contributed by atoms with Crippen molar-refractivity contribution in [3.8, 4) is 0 Å². The monoisotopic (exact) mass is 269 g/mol. The van der Waals surface area contributed by atoms with Crippen LogP contribution >= 0.6 is 15.9 Å². The van der Waals surface area contributed by atoms with Crippen LogP contribution in [-0.2, 0) is 0 Å². The maximum Gasteiger partial charge on any atom is 0.225 e. The van der Waals surface area contributed by atoms with Gasteiger partial charge in [-0.3, -0.25) is 0 Å². The maximum absolute atomic E-state index is 4.46. The molecule has 2 heterocycles. The molecule has 2 unspecified atom stereocenters. The second-order valence-corrected chi connectivity index (χ2v) is 5.40. The fourth-order valence-electron chi connectivity index (χ4n) is 1.89. The predicted molar refractivity (Wildman–Crippen MR) is 65.5 cm³/mol. The molecule has 0 bridgehead atoms. The van der Waals surface area contributed by atoms with Crippen LogP contribution < -0.4 is 4.90 Å². The Hall–Kier alpha value is -0.640. The third kappa shape index (κ3) is 2.48. The van der Waals surface area contributed by atoms with Crippen LogP contribution in [0.4, 0.5) is 5.95 Å². The fourth-order valence-corrected chi connectivity index (χ4v) is 2.26. The number of rotatable bonds is 1. The van der Waals surface area contributed by atoms with Crippen molar-refractivity contribution in [2.75, 3.05) is 18.0 Å². The molecule has 15 heavy (non-hydrogen) atoms. The van der Waals surface area contributed by atoms with E-state index in [-0.39, 0.29) is 0 Å². The summed E-state index contributed by atoms with van der Waals surface area (Å²) in [6.45, 7) is 6.36. The van der Waals surface area contributed by atoms with Gasteiger partial charge in [0.25, 0.3) is 0 Å². The van der Waals surface area contributed by atoms with E-state index in [2.05, 4.69) is 37.7 Å². The number of anilines is 1. The molecule has 1 aliphatic heterocycles. The third-order valence-electron chi connectivity index (χ3n) is 2.87. The zero-order valence-corrected chi connectivity index (χ0v) is 10.7. The molecule has 2 rings (SSSR count). The molecule has 0 aliphatic carbocycles. The molecule has 82 valence electrons. The molecule has 1 fully saturated rings. The molecule has 2 atom stereocenters. The van der Waals surface area contributed by atoms with Gasteiger partial charge in [-0.15, -0.1) is 0 Å².